The summed E-state index contributed by atoms with van der Waals surface area (Å²) in [5, 5.41) is 11.8. The molecule has 0 spiro atoms. The van der Waals surface area contributed by atoms with Crippen LogP contribution in [0.4, 0.5) is 0 Å². The van der Waals surface area contributed by atoms with Crippen LogP contribution in [0.1, 0.15) is 73.6 Å². The Morgan fingerprint density at radius 1 is 1.15 bits per heavy atom. The van der Waals surface area contributed by atoms with Crippen LogP contribution in [0.2, 0.25) is 0 Å². The molecule has 3 heteroatoms. The fraction of sp³-hybridized carbons (Fsp3) is 0.792. The van der Waals surface area contributed by atoms with E-state index in [0.717, 1.165) is 25.7 Å². The first-order chi connectivity index (χ1) is 12.5. The minimum atomic E-state index is -0.738. The van der Waals surface area contributed by atoms with E-state index in [2.05, 4.69) is 54.4 Å². The molecule has 0 heterocycles. The van der Waals surface area contributed by atoms with Gasteiger partial charge in [-0.1, -0.05) is 45.8 Å². The summed E-state index contributed by atoms with van der Waals surface area (Å²) in [7, 11) is 1.77. The van der Waals surface area contributed by atoms with Crippen LogP contribution in [0, 0.1) is 41.4 Å². The maximum absolute atomic E-state index is 13.7. The molecular weight excluding hydrogens is 336 g/mol. The van der Waals surface area contributed by atoms with Crippen molar-refractivity contribution in [3.05, 3.63) is 11.1 Å². The Morgan fingerprint density at radius 2 is 1.74 bits per heavy atom. The lowest BCUT2D eigenvalue weighted by Crippen LogP contribution is -2.60. The molecule has 0 aromatic carbocycles. The van der Waals surface area contributed by atoms with Crippen LogP contribution in [-0.2, 0) is 9.53 Å². The summed E-state index contributed by atoms with van der Waals surface area (Å²) < 4.78 is 5.69. The van der Waals surface area contributed by atoms with E-state index in [0.29, 0.717) is 12.2 Å². The number of methoxy groups -OCH3 is 1. The van der Waals surface area contributed by atoms with Gasteiger partial charge in [0.15, 0.2) is 0 Å². The lowest BCUT2D eigenvalue weighted by atomic mass is 9.47. The number of Topliss-reactive ketones (excluding diaryl/α,β-unsaturated/α-hetero) is 1. The Morgan fingerprint density at radius 3 is 2.30 bits per heavy atom. The normalized spacial score (nSPS) is 43.7. The van der Waals surface area contributed by atoms with Crippen molar-refractivity contribution in [2.75, 3.05) is 7.11 Å². The summed E-state index contributed by atoms with van der Waals surface area (Å²) in [4.78, 5) is 13.7. The second kappa shape index (κ2) is 7.37. The molecule has 152 valence electrons. The third-order valence-corrected chi connectivity index (χ3v) is 8.52. The number of carbonyl (C=O) groups excluding carboxylic acids is 1. The molecular formula is C24H38O3. The van der Waals surface area contributed by atoms with Gasteiger partial charge in [-0.3, -0.25) is 4.79 Å². The first-order valence-electron chi connectivity index (χ1n) is 10.3. The third-order valence-electron chi connectivity index (χ3n) is 8.52. The van der Waals surface area contributed by atoms with Crippen LogP contribution in [0.3, 0.4) is 0 Å². The number of rotatable bonds is 1. The van der Waals surface area contributed by atoms with Crippen molar-refractivity contribution in [2.45, 2.75) is 85.4 Å². The molecule has 0 saturated heterocycles. The Balaban J connectivity index is 0.00000126. The summed E-state index contributed by atoms with van der Waals surface area (Å²) in [6.07, 6.45) is 12.4. The fourth-order valence-corrected chi connectivity index (χ4v) is 6.53. The van der Waals surface area contributed by atoms with E-state index in [1.165, 1.54) is 11.1 Å². The second-order valence-electron chi connectivity index (χ2n) is 9.85. The van der Waals surface area contributed by atoms with Crippen molar-refractivity contribution in [3.8, 4) is 12.8 Å². The topological polar surface area (TPSA) is 46.5 Å². The number of fused-ring (bicyclic) bond motifs is 3. The van der Waals surface area contributed by atoms with Gasteiger partial charge in [-0.25, -0.2) is 0 Å². The van der Waals surface area contributed by atoms with Gasteiger partial charge in [0.05, 0.1) is 11.7 Å². The van der Waals surface area contributed by atoms with Crippen LogP contribution in [0.5, 0.6) is 0 Å². The van der Waals surface area contributed by atoms with E-state index < -0.39 is 5.60 Å². The number of allylic oxidation sites excluding steroid dienone is 1. The molecule has 2 fully saturated rings. The predicted molar refractivity (Wildman–Crippen MR) is 110 cm³/mol. The highest BCUT2D eigenvalue weighted by molar-refractivity contribution is 5.90. The highest BCUT2D eigenvalue weighted by Gasteiger charge is 2.60. The Kier molecular flexibility index (Phi) is 6.06. The van der Waals surface area contributed by atoms with Crippen LogP contribution in [-0.4, -0.2) is 29.7 Å². The van der Waals surface area contributed by atoms with Gasteiger partial charge < -0.3 is 9.84 Å². The smallest absolute Gasteiger partial charge is 0.146 e. The van der Waals surface area contributed by atoms with Crippen molar-refractivity contribution in [1.82, 2.24) is 0 Å². The van der Waals surface area contributed by atoms with Crippen molar-refractivity contribution >= 4 is 5.78 Å². The van der Waals surface area contributed by atoms with Gasteiger partial charge >= 0.3 is 0 Å². The quantitative estimate of drug-likeness (QED) is 0.531. The molecule has 2 saturated carbocycles. The summed E-state index contributed by atoms with van der Waals surface area (Å²) in [6, 6.07) is 0. The number of aliphatic hydroxyl groups is 1. The highest BCUT2D eigenvalue weighted by atomic mass is 16.5. The Bertz CT molecular complexity index is 643. The fourth-order valence-electron chi connectivity index (χ4n) is 6.53. The lowest BCUT2D eigenvalue weighted by molar-refractivity contribution is -0.162. The van der Waals surface area contributed by atoms with Gasteiger partial charge in [-0.15, -0.1) is 12.8 Å². The molecule has 3 aliphatic rings. The van der Waals surface area contributed by atoms with Gasteiger partial charge in [0.25, 0.3) is 0 Å². The van der Waals surface area contributed by atoms with Crippen molar-refractivity contribution in [3.63, 3.8) is 0 Å². The van der Waals surface area contributed by atoms with Crippen LogP contribution >= 0.6 is 0 Å². The molecule has 1 unspecified atom stereocenters. The third kappa shape index (κ3) is 3.10. The number of carbonyl (C=O) groups is 1. The number of ether oxygens (including phenoxy) is 1. The van der Waals surface area contributed by atoms with Gasteiger partial charge in [-0.2, -0.15) is 0 Å². The van der Waals surface area contributed by atoms with Gasteiger partial charge in [0.1, 0.15) is 5.78 Å². The van der Waals surface area contributed by atoms with E-state index in [-0.39, 0.29) is 34.7 Å². The predicted octanol–water partition coefficient (Wildman–Crippen LogP) is 4.78. The molecule has 3 aliphatic carbocycles. The lowest BCUT2D eigenvalue weighted by Gasteiger charge is -2.58. The first-order valence-corrected chi connectivity index (χ1v) is 10.3. The van der Waals surface area contributed by atoms with Crippen molar-refractivity contribution < 1.29 is 14.6 Å². The van der Waals surface area contributed by atoms with Crippen molar-refractivity contribution in [1.29, 1.82) is 0 Å². The number of hydrogen-bond acceptors (Lipinski definition) is 3. The summed E-state index contributed by atoms with van der Waals surface area (Å²) >= 11 is 0. The molecule has 27 heavy (non-hydrogen) atoms. The maximum atomic E-state index is 13.7. The molecule has 0 radical (unpaired) electrons. The van der Waals surface area contributed by atoms with Gasteiger partial charge in [-0.05, 0) is 50.9 Å². The van der Waals surface area contributed by atoms with Crippen LogP contribution < -0.4 is 0 Å². The van der Waals surface area contributed by atoms with Gasteiger partial charge in [0, 0.05) is 23.9 Å². The second-order valence-corrected chi connectivity index (χ2v) is 9.85. The minimum absolute atomic E-state index is 0.115. The summed E-state index contributed by atoms with van der Waals surface area (Å²) in [5.41, 5.74) is 1.05. The zero-order valence-corrected chi connectivity index (χ0v) is 18.3. The molecule has 2 bridgehead atoms. The molecule has 1 N–H and O–H groups in total. The average molecular weight is 375 g/mol. The van der Waals surface area contributed by atoms with Gasteiger partial charge in [0.2, 0.25) is 0 Å². The Labute approximate surface area is 166 Å². The zero-order chi connectivity index (χ0) is 20.8. The minimum Gasteiger partial charge on any atom is -0.389 e. The average Bonchev–Trinajstić information content (AvgIpc) is 2.62. The van der Waals surface area contributed by atoms with E-state index in [1.807, 2.05) is 0 Å². The monoisotopic (exact) mass is 374 g/mol. The van der Waals surface area contributed by atoms with Crippen LogP contribution in [0.25, 0.3) is 0 Å². The zero-order valence-electron chi connectivity index (χ0n) is 18.3. The number of ketones is 1. The molecule has 0 amide bonds. The van der Waals surface area contributed by atoms with Crippen molar-refractivity contribution in [2.24, 2.45) is 28.6 Å². The highest BCUT2D eigenvalue weighted by Crippen LogP contribution is 2.60. The van der Waals surface area contributed by atoms with E-state index in [1.54, 1.807) is 7.11 Å². The molecule has 3 nitrogen and oxygen atoms in total. The first kappa shape index (κ1) is 22.2. The van der Waals surface area contributed by atoms with E-state index in [9.17, 15) is 9.90 Å². The largest absolute Gasteiger partial charge is 0.389 e. The Hall–Kier alpha value is -1.11. The number of hydrogen-bond donors (Lipinski definition) is 1. The molecule has 0 aromatic rings. The number of terminal acetylenes is 1. The van der Waals surface area contributed by atoms with Crippen LogP contribution in [0.15, 0.2) is 11.1 Å². The SMILES string of the molecule is C#C.CO[C@H]1CC2C[C@]3(O)CCC(C)=C([C@@H](C)C(=O)[C@]2(C)[C@@H](C)C1)C3(C)C. The summed E-state index contributed by atoms with van der Waals surface area (Å²) in [6.45, 7) is 12.9. The van der Waals surface area contributed by atoms with E-state index in [4.69, 9.17) is 4.74 Å². The maximum Gasteiger partial charge on any atom is 0.146 e. The standard InChI is InChI=1S/C22H36O3.C2H2/c1-13-8-9-22(24)12-16-11-17(25-7)10-14(2)21(16,6)19(23)15(3)18(13)20(22,4)5;1-2/h14-17,24H,8-12H2,1-7H3;1-2H/t14-,15+,16?,17+,21+,22+;/m0./s1. The molecule has 6 atom stereocenters. The molecule has 3 rings (SSSR count). The van der Waals surface area contributed by atoms with E-state index >= 15 is 0 Å². The summed E-state index contributed by atoms with van der Waals surface area (Å²) in [5.74, 6) is 0.722. The molecule has 0 aliphatic heterocycles. The molecule has 0 aromatic heterocycles.